The van der Waals surface area contributed by atoms with Gasteiger partial charge in [-0.15, -0.1) is 0 Å². The average Bonchev–Trinajstić information content (AvgIpc) is 3.82. The minimum absolute atomic E-state index is 0. The lowest BCUT2D eigenvalue weighted by molar-refractivity contribution is -0.160. The largest absolute Gasteiger partial charge is 0.497 e. The number of esters is 2. The molecule has 20 heteroatoms. The Morgan fingerprint density at radius 3 is 1.30 bits per heavy atom. The van der Waals surface area contributed by atoms with Gasteiger partial charge in [0.2, 0.25) is 0 Å². The summed E-state index contributed by atoms with van der Waals surface area (Å²) in [6, 6.07) is 14.7. The van der Waals surface area contributed by atoms with Crippen LogP contribution in [0, 0.1) is 10.8 Å². The Morgan fingerprint density at radius 1 is 0.657 bits per heavy atom. The fraction of sp³-hybridized carbons (Fsp3) is 0.640. The van der Waals surface area contributed by atoms with E-state index in [1.807, 2.05) is 52.3 Å². The number of carbonyl (C=O) groups is 2. The number of benzene rings is 2. The zero-order valence-corrected chi connectivity index (χ0v) is 42.6. The first-order valence-electron chi connectivity index (χ1n) is 22.1. The molecule has 2 aliphatic heterocycles. The normalized spacial score (nSPS) is 23.2. The van der Waals surface area contributed by atoms with Crippen molar-refractivity contribution in [3.63, 3.8) is 0 Å². The summed E-state index contributed by atoms with van der Waals surface area (Å²) in [5.41, 5.74) is 0.429. The van der Waals surface area contributed by atoms with Gasteiger partial charge in [-0.3, -0.25) is 9.59 Å². The van der Waals surface area contributed by atoms with Crippen LogP contribution < -0.4 is 9.47 Å². The summed E-state index contributed by atoms with van der Waals surface area (Å²) in [4.78, 5) is 21.5. The lowest BCUT2D eigenvalue weighted by atomic mass is 9.97. The molecule has 4 rings (SSSR count). The minimum atomic E-state index is -3.49. The molecule has 0 aliphatic carbocycles. The van der Waals surface area contributed by atoms with Crippen LogP contribution in [0.1, 0.15) is 72.9 Å². The number of allylic oxidation sites excluding steroid dienone is 1. The van der Waals surface area contributed by atoms with E-state index in [0.717, 1.165) is 16.9 Å². The van der Waals surface area contributed by atoms with Crippen LogP contribution >= 0.6 is 15.9 Å². The zero-order valence-electron chi connectivity index (χ0n) is 41.0. The van der Waals surface area contributed by atoms with Gasteiger partial charge in [-0.05, 0) is 105 Å². The highest BCUT2D eigenvalue weighted by Gasteiger charge is 2.50. The third-order valence-electron chi connectivity index (χ3n) is 10.7. The summed E-state index contributed by atoms with van der Waals surface area (Å²) in [6.07, 6.45) is -7.50. The summed E-state index contributed by atoms with van der Waals surface area (Å²) >= 11 is 2.03. The summed E-state index contributed by atoms with van der Waals surface area (Å²) in [6.45, 7) is 16.4. The van der Waals surface area contributed by atoms with Crippen molar-refractivity contribution in [2.75, 3.05) is 48.3 Å². The molecule has 2 aromatic carbocycles. The molecule has 15 nitrogen and oxygen atoms in total. The fourth-order valence-corrected chi connectivity index (χ4v) is 6.66. The smallest absolute Gasteiger partial charge is 0.319 e. The Labute approximate surface area is 418 Å². The lowest BCUT2D eigenvalue weighted by Crippen LogP contribution is -2.41. The van der Waals surface area contributed by atoms with Crippen molar-refractivity contribution in [2.45, 2.75) is 147 Å². The number of methoxy groups -OCH3 is 4. The lowest BCUT2D eigenvalue weighted by Gasteiger charge is -2.26. The van der Waals surface area contributed by atoms with Gasteiger partial charge in [0.05, 0.1) is 63.2 Å². The van der Waals surface area contributed by atoms with E-state index in [4.69, 9.17) is 47.4 Å². The quantitative estimate of drug-likeness (QED) is 0.0445. The molecule has 0 spiro atoms. The molecular weight excluding hydrogens is 996 g/mol. The SMILES string of the molecule is C.C=CC(F)(F)Br.C=CC(F)(F)C(O)CC1O[C@@H](COC(=O)C(C)(C)C)[C@H](OCc2ccc(OC)cc2)[C@H]1OC.COc1ccc(CO[C@H]2[C@H](COC(=O)C(C)(C)C)OC(CC(O)CO)[C@@H]2OC)cc1. The molecule has 2 aliphatic rings. The number of hydrogen-bond donors (Lipinski definition) is 3. The Balaban J connectivity index is 0.000000620. The van der Waals surface area contributed by atoms with Crippen LogP contribution in [0.4, 0.5) is 17.6 Å². The highest BCUT2D eigenvalue weighted by Crippen LogP contribution is 2.35. The van der Waals surface area contributed by atoms with E-state index in [9.17, 15) is 42.5 Å². The van der Waals surface area contributed by atoms with Crippen LogP contribution in [0.25, 0.3) is 0 Å². The topological polar surface area (TPSA) is 187 Å². The van der Waals surface area contributed by atoms with Gasteiger partial charge in [-0.1, -0.05) is 44.8 Å². The van der Waals surface area contributed by atoms with Crippen molar-refractivity contribution in [1.82, 2.24) is 0 Å². The van der Waals surface area contributed by atoms with E-state index >= 15 is 0 Å². The second-order valence-electron chi connectivity index (χ2n) is 18.2. The molecule has 0 amide bonds. The highest BCUT2D eigenvalue weighted by atomic mass is 79.9. The number of rotatable bonds is 22. The van der Waals surface area contributed by atoms with Crippen LogP contribution in [-0.2, 0) is 60.7 Å². The van der Waals surface area contributed by atoms with E-state index in [-0.39, 0.29) is 46.2 Å². The molecule has 10 atom stereocenters. The summed E-state index contributed by atoms with van der Waals surface area (Å²) in [5.74, 6) is -2.81. The maximum Gasteiger partial charge on any atom is 0.319 e. The first-order valence-corrected chi connectivity index (χ1v) is 22.9. The first-order chi connectivity index (χ1) is 32.2. The third kappa shape index (κ3) is 21.2. The second kappa shape index (κ2) is 29.7. The van der Waals surface area contributed by atoms with E-state index in [1.54, 1.807) is 75.0 Å². The standard InChI is InChI=1S/C24H34F2O7.C22H34O8.C3H3BrF2.CH4/c1-7-24(25,26)19(27)12-17-20(30-6)21(18(33-17)14-32-22(28)23(2,3)4)31-13-15-8-10-16(29-5)11-9-15;1-22(2,3)21(25)29-13-18-20(19(27-5)17(30-18)10-15(24)11-23)28-12-14-6-8-16(26-4)9-7-14;1-2-3(4,5)6;/h7-11,17-21,27H,1,12-14H2,2-6H3;6-9,15,17-20,23-24H,10-13H2,1-5H3;2H,1H2;1H4/t17?,18-,19?,20-,21-;15?,17?,18-,19-,20-;;/m00../s1. The predicted molar refractivity (Wildman–Crippen MR) is 257 cm³/mol. The van der Waals surface area contributed by atoms with Crippen molar-refractivity contribution in [3.05, 3.63) is 85.0 Å². The number of ether oxygens (including phenoxy) is 10. The monoisotopic (exact) mass is 1070 g/mol. The Hall–Kier alpha value is -3.70. The Bertz CT molecular complexity index is 1840. The Morgan fingerprint density at radius 2 is 1.01 bits per heavy atom. The van der Waals surface area contributed by atoms with Gasteiger partial charge in [-0.2, -0.15) is 17.6 Å². The molecule has 2 fully saturated rings. The molecule has 2 heterocycles. The average molecular weight is 1070 g/mol. The van der Waals surface area contributed by atoms with Crippen LogP contribution in [0.2, 0.25) is 0 Å². The second-order valence-corrected chi connectivity index (χ2v) is 19.3. The van der Waals surface area contributed by atoms with E-state index < -0.39 is 95.0 Å². The van der Waals surface area contributed by atoms with Crippen LogP contribution in [0.5, 0.6) is 11.5 Å². The number of halogens is 5. The first kappa shape index (κ1) is 64.3. The predicted octanol–water partition coefficient (Wildman–Crippen LogP) is 8.02. The number of aliphatic hydroxyl groups is 3. The number of aliphatic hydroxyl groups excluding tert-OH is 3. The molecule has 70 heavy (non-hydrogen) atoms. The summed E-state index contributed by atoms with van der Waals surface area (Å²) < 4.78 is 107. The van der Waals surface area contributed by atoms with Gasteiger partial charge in [-0.25, -0.2) is 0 Å². The van der Waals surface area contributed by atoms with Crippen LogP contribution in [0.15, 0.2) is 73.8 Å². The van der Waals surface area contributed by atoms with E-state index in [0.29, 0.717) is 24.5 Å². The molecule has 4 unspecified atom stereocenters. The molecule has 0 bridgehead atoms. The number of hydrogen-bond acceptors (Lipinski definition) is 15. The minimum Gasteiger partial charge on any atom is -0.497 e. The molecule has 400 valence electrons. The maximum atomic E-state index is 13.9. The third-order valence-corrected chi connectivity index (χ3v) is 11.0. The molecular formula is C50H75BrF4O15. The van der Waals surface area contributed by atoms with E-state index in [2.05, 4.69) is 13.2 Å². The van der Waals surface area contributed by atoms with Gasteiger partial charge in [0.1, 0.15) is 67.4 Å². The molecule has 0 saturated carbocycles. The maximum absolute atomic E-state index is 13.9. The molecule has 3 N–H and O–H groups in total. The van der Waals surface area contributed by atoms with Crippen molar-refractivity contribution in [3.8, 4) is 11.5 Å². The fourth-order valence-electron chi connectivity index (χ4n) is 6.66. The van der Waals surface area contributed by atoms with Gasteiger partial charge < -0.3 is 62.7 Å². The van der Waals surface area contributed by atoms with Crippen molar-refractivity contribution >= 4 is 27.9 Å². The van der Waals surface area contributed by atoms with Gasteiger partial charge in [0.15, 0.2) is 0 Å². The molecule has 2 saturated heterocycles. The van der Waals surface area contributed by atoms with Crippen LogP contribution in [0.3, 0.4) is 0 Å². The summed E-state index contributed by atoms with van der Waals surface area (Å²) in [7, 11) is 6.12. The number of alkyl halides is 5. The number of carbonyl (C=O) groups excluding carboxylic acids is 2. The van der Waals surface area contributed by atoms with Crippen LogP contribution in [-0.4, -0.2) is 147 Å². The summed E-state index contributed by atoms with van der Waals surface area (Å²) in [5, 5.41) is 29.1. The van der Waals surface area contributed by atoms with Gasteiger partial charge >= 0.3 is 16.8 Å². The molecule has 0 aromatic heterocycles. The van der Waals surface area contributed by atoms with Crippen molar-refractivity contribution < 1.29 is 89.8 Å². The van der Waals surface area contributed by atoms with Gasteiger partial charge in [0, 0.05) is 27.1 Å². The van der Waals surface area contributed by atoms with Crippen molar-refractivity contribution in [2.24, 2.45) is 10.8 Å². The van der Waals surface area contributed by atoms with Crippen molar-refractivity contribution in [1.29, 1.82) is 0 Å². The molecule has 2 aromatic rings. The molecule has 0 radical (unpaired) electrons. The zero-order chi connectivity index (χ0) is 52.3. The van der Waals surface area contributed by atoms with Gasteiger partial charge in [0.25, 0.3) is 5.92 Å². The van der Waals surface area contributed by atoms with E-state index in [1.165, 1.54) is 7.11 Å². The Kier molecular flexibility index (Phi) is 27.3. The highest BCUT2D eigenvalue weighted by molar-refractivity contribution is 9.10.